The van der Waals surface area contributed by atoms with Gasteiger partial charge in [0.2, 0.25) is 0 Å². The van der Waals surface area contributed by atoms with Crippen LogP contribution in [0.2, 0.25) is 0 Å². The molecule has 1 amide bonds. The van der Waals surface area contributed by atoms with Gasteiger partial charge in [0.05, 0.1) is 17.5 Å². The van der Waals surface area contributed by atoms with E-state index in [0.29, 0.717) is 23.4 Å². The highest BCUT2D eigenvalue weighted by Crippen LogP contribution is 2.21. The van der Waals surface area contributed by atoms with E-state index in [0.717, 1.165) is 19.3 Å². The molecule has 2 aromatic rings. The predicted octanol–water partition coefficient (Wildman–Crippen LogP) is 2.46. The third-order valence-corrected chi connectivity index (χ3v) is 3.54. The Morgan fingerprint density at radius 1 is 1.41 bits per heavy atom. The van der Waals surface area contributed by atoms with Crippen molar-refractivity contribution >= 4 is 5.91 Å². The second-order valence-electron chi connectivity index (χ2n) is 5.21. The number of halogens is 1. The standard InChI is InChI=1S/C16H21FN4O/c1-2-3-4-13(9-18)20-16(22)14-10-19-21-15(14)11-5-7-12(17)8-6-11/h5-8,10,13H,2-4,9,18H2,1H3,(H,19,21)(H,20,22). The summed E-state index contributed by atoms with van der Waals surface area (Å²) in [4.78, 5) is 12.4. The van der Waals surface area contributed by atoms with Crippen LogP contribution in [0.5, 0.6) is 0 Å². The minimum Gasteiger partial charge on any atom is -0.348 e. The highest BCUT2D eigenvalue weighted by atomic mass is 19.1. The molecular formula is C16H21FN4O. The molecule has 5 nitrogen and oxygen atoms in total. The fraction of sp³-hybridized carbons (Fsp3) is 0.375. The number of hydrogen-bond donors (Lipinski definition) is 3. The molecule has 0 saturated heterocycles. The summed E-state index contributed by atoms with van der Waals surface area (Å²) in [7, 11) is 0. The first-order valence-electron chi connectivity index (χ1n) is 7.46. The Hall–Kier alpha value is -2.21. The van der Waals surface area contributed by atoms with Gasteiger partial charge >= 0.3 is 0 Å². The monoisotopic (exact) mass is 304 g/mol. The zero-order chi connectivity index (χ0) is 15.9. The van der Waals surface area contributed by atoms with E-state index in [9.17, 15) is 9.18 Å². The first kappa shape index (κ1) is 16.2. The highest BCUT2D eigenvalue weighted by molar-refractivity contribution is 5.99. The van der Waals surface area contributed by atoms with Crippen LogP contribution < -0.4 is 11.1 Å². The van der Waals surface area contributed by atoms with Crippen molar-refractivity contribution in [2.75, 3.05) is 6.54 Å². The average Bonchev–Trinajstić information content (AvgIpc) is 3.01. The summed E-state index contributed by atoms with van der Waals surface area (Å²) in [5.41, 5.74) is 7.42. The van der Waals surface area contributed by atoms with Crippen LogP contribution in [0.3, 0.4) is 0 Å². The van der Waals surface area contributed by atoms with Crippen LogP contribution in [0.1, 0.15) is 36.5 Å². The van der Waals surface area contributed by atoms with Crippen LogP contribution in [0.4, 0.5) is 4.39 Å². The van der Waals surface area contributed by atoms with E-state index in [1.54, 1.807) is 12.1 Å². The van der Waals surface area contributed by atoms with E-state index < -0.39 is 0 Å². The summed E-state index contributed by atoms with van der Waals surface area (Å²) >= 11 is 0. The number of carbonyl (C=O) groups is 1. The van der Waals surface area contributed by atoms with E-state index in [1.165, 1.54) is 18.3 Å². The summed E-state index contributed by atoms with van der Waals surface area (Å²) in [6.07, 6.45) is 4.39. The smallest absolute Gasteiger partial charge is 0.255 e. The van der Waals surface area contributed by atoms with Crippen molar-refractivity contribution in [1.82, 2.24) is 15.5 Å². The molecule has 0 bridgehead atoms. The van der Waals surface area contributed by atoms with E-state index >= 15 is 0 Å². The van der Waals surface area contributed by atoms with Gasteiger partial charge in [0.25, 0.3) is 5.91 Å². The lowest BCUT2D eigenvalue weighted by Gasteiger charge is -2.16. The number of unbranched alkanes of at least 4 members (excludes halogenated alkanes) is 1. The molecule has 2 rings (SSSR count). The van der Waals surface area contributed by atoms with Crippen LogP contribution in [0, 0.1) is 5.82 Å². The molecule has 118 valence electrons. The van der Waals surface area contributed by atoms with E-state index in [1.807, 2.05) is 0 Å². The number of hydrogen-bond acceptors (Lipinski definition) is 3. The Bertz CT molecular complexity index is 609. The molecule has 1 atom stereocenters. The number of rotatable bonds is 7. The number of H-pyrrole nitrogens is 1. The van der Waals surface area contributed by atoms with Crippen molar-refractivity contribution in [1.29, 1.82) is 0 Å². The Labute approximate surface area is 129 Å². The van der Waals surface area contributed by atoms with Crippen LogP contribution in [-0.4, -0.2) is 28.7 Å². The first-order chi connectivity index (χ1) is 10.7. The predicted molar refractivity (Wildman–Crippen MR) is 83.8 cm³/mol. The number of nitrogens with one attached hydrogen (secondary N) is 2. The number of nitrogens with zero attached hydrogens (tertiary/aromatic N) is 1. The third-order valence-electron chi connectivity index (χ3n) is 3.54. The Morgan fingerprint density at radius 2 is 2.14 bits per heavy atom. The Morgan fingerprint density at radius 3 is 2.77 bits per heavy atom. The van der Waals surface area contributed by atoms with Crippen molar-refractivity contribution in [3.05, 3.63) is 41.8 Å². The van der Waals surface area contributed by atoms with Crippen LogP contribution >= 0.6 is 0 Å². The summed E-state index contributed by atoms with van der Waals surface area (Å²) in [6.45, 7) is 2.49. The normalized spacial score (nSPS) is 12.1. The second-order valence-corrected chi connectivity index (χ2v) is 5.21. The number of carbonyl (C=O) groups excluding carboxylic acids is 1. The van der Waals surface area contributed by atoms with Crippen LogP contribution in [-0.2, 0) is 0 Å². The van der Waals surface area contributed by atoms with Gasteiger partial charge in [-0.1, -0.05) is 19.8 Å². The molecule has 0 aliphatic carbocycles. The quantitative estimate of drug-likeness (QED) is 0.734. The number of aromatic amines is 1. The molecule has 6 heteroatoms. The third kappa shape index (κ3) is 3.92. The summed E-state index contributed by atoms with van der Waals surface area (Å²) in [5, 5.41) is 9.65. The zero-order valence-corrected chi connectivity index (χ0v) is 12.6. The Balaban J connectivity index is 2.14. The van der Waals surface area contributed by atoms with Crippen molar-refractivity contribution in [3.8, 4) is 11.3 Å². The van der Waals surface area contributed by atoms with Crippen molar-refractivity contribution in [2.45, 2.75) is 32.2 Å². The van der Waals surface area contributed by atoms with E-state index in [-0.39, 0.29) is 17.8 Å². The van der Waals surface area contributed by atoms with Crippen molar-refractivity contribution < 1.29 is 9.18 Å². The number of aromatic nitrogens is 2. The molecule has 0 spiro atoms. The van der Waals surface area contributed by atoms with Gasteiger partial charge < -0.3 is 11.1 Å². The van der Waals surface area contributed by atoms with Crippen LogP contribution in [0.15, 0.2) is 30.5 Å². The van der Waals surface area contributed by atoms with Crippen molar-refractivity contribution in [2.24, 2.45) is 5.73 Å². The molecule has 0 saturated carbocycles. The van der Waals surface area contributed by atoms with Gasteiger partial charge in [-0.05, 0) is 30.7 Å². The van der Waals surface area contributed by atoms with Crippen LogP contribution in [0.25, 0.3) is 11.3 Å². The molecule has 4 N–H and O–H groups in total. The fourth-order valence-corrected chi connectivity index (χ4v) is 2.26. The molecule has 22 heavy (non-hydrogen) atoms. The summed E-state index contributed by atoms with van der Waals surface area (Å²) in [6, 6.07) is 5.86. The van der Waals surface area contributed by atoms with Gasteiger partial charge in [0.1, 0.15) is 5.82 Å². The van der Waals surface area contributed by atoms with E-state index in [4.69, 9.17) is 5.73 Å². The molecule has 1 unspecified atom stereocenters. The average molecular weight is 304 g/mol. The maximum absolute atomic E-state index is 13.0. The minimum atomic E-state index is -0.322. The molecule has 0 aliphatic heterocycles. The number of nitrogens with two attached hydrogens (primary N) is 1. The number of benzene rings is 1. The van der Waals surface area contributed by atoms with Crippen molar-refractivity contribution in [3.63, 3.8) is 0 Å². The molecule has 0 radical (unpaired) electrons. The lowest BCUT2D eigenvalue weighted by Crippen LogP contribution is -2.40. The molecule has 1 aromatic carbocycles. The van der Waals surface area contributed by atoms with Gasteiger partial charge in [0.15, 0.2) is 0 Å². The molecule has 1 aromatic heterocycles. The highest BCUT2D eigenvalue weighted by Gasteiger charge is 2.18. The molecule has 1 heterocycles. The lowest BCUT2D eigenvalue weighted by molar-refractivity contribution is 0.0936. The van der Waals surface area contributed by atoms with Gasteiger partial charge in [-0.25, -0.2) is 4.39 Å². The molecule has 0 fully saturated rings. The Kier molecular flexibility index (Phi) is 5.66. The lowest BCUT2D eigenvalue weighted by atomic mass is 10.1. The molecule has 0 aliphatic rings. The maximum Gasteiger partial charge on any atom is 0.255 e. The summed E-state index contributed by atoms with van der Waals surface area (Å²) in [5.74, 6) is -0.545. The van der Waals surface area contributed by atoms with Gasteiger partial charge in [-0.15, -0.1) is 0 Å². The SMILES string of the molecule is CCCCC(CN)NC(=O)c1cn[nH]c1-c1ccc(F)cc1. The van der Waals surface area contributed by atoms with Gasteiger partial charge in [-0.2, -0.15) is 5.10 Å². The van der Waals surface area contributed by atoms with Gasteiger partial charge in [-0.3, -0.25) is 9.89 Å². The van der Waals surface area contributed by atoms with Gasteiger partial charge in [0, 0.05) is 18.2 Å². The topological polar surface area (TPSA) is 83.8 Å². The maximum atomic E-state index is 13.0. The first-order valence-corrected chi connectivity index (χ1v) is 7.46. The largest absolute Gasteiger partial charge is 0.348 e. The molecular weight excluding hydrogens is 283 g/mol. The summed E-state index contributed by atoms with van der Waals surface area (Å²) < 4.78 is 13.0. The minimum absolute atomic E-state index is 0.0524. The fourth-order valence-electron chi connectivity index (χ4n) is 2.26. The second kappa shape index (κ2) is 7.70. The van der Waals surface area contributed by atoms with E-state index in [2.05, 4.69) is 22.4 Å². The zero-order valence-electron chi connectivity index (χ0n) is 12.6. The number of amides is 1.